The number of carbonyl (C=O) groups is 1. The summed E-state index contributed by atoms with van der Waals surface area (Å²) in [7, 11) is 1.58. The third-order valence-corrected chi connectivity index (χ3v) is 5.23. The van der Waals surface area contributed by atoms with Crippen LogP contribution in [0.1, 0.15) is 11.1 Å². The Balaban J connectivity index is 1.53. The molecule has 8 nitrogen and oxygen atoms in total. The number of anilines is 1. The number of methoxy groups -OCH3 is 1. The summed E-state index contributed by atoms with van der Waals surface area (Å²) in [6.45, 7) is 2.16. The molecule has 1 aliphatic heterocycles. The largest absolute Gasteiger partial charge is 0.497 e. The predicted molar refractivity (Wildman–Crippen MR) is 112 cm³/mol. The first kappa shape index (κ1) is 23.3. The number of carbonyl (C=O) groups excluding carboxylic acids is 1. The Morgan fingerprint density at radius 2 is 1.78 bits per heavy atom. The number of benzene rings is 2. The Labute approximate surface area is 182 Å². The second-order valence-corrected chi connectivity index (χ2v) is 7.35. The lowest BCUT2D eigenvalue weighted by molar-refractivity contribution is -0.384. The highest BCUT2D eigenvalue weighted by molar-refractivity contribution is 5.78. The fourth-order valence-corrected chi connectivity index (χ4v) is 3.46. The maximum Gasteiger partial charge on any atom is 0.416 e. The zero-order valence-electron chi connectivity index (χ0n) is 17.4. The molecule has 1 N–H and O–H groups in total. The van der Waals surface area contributed by atoms with Gasteiger partial charge in [-0.1, -0.05) is 12.1 Å². The Morgan fingerprint density at radius 1 is 1.12 bits per heavy atom. The van der Waals surface area contributed by atoms with E-state index in [2.05, 4.69) is 5.32 Å². The molecule has 0 aromatic heterocycles. The quantitative estimate of drug-likeness (QED) is 0.513. The number of amides is 1. The first-order valence-electron chi connectivity index (χ1n) is 9.90. The molecule has 32 heavy (non-hydrogen) atoms. The van der Waals surface area contributed by atoms with Crippen molar-refractivity contribution in [2.75, 3.05) is 44.7 Å². The summed E-state index contributed by atoms with van der Waals surface area (Å²) >= 11 is 0. The fraction of sp³-hybridized carbons (Fsp3) is 0.381. The second-order valence-electron chi connectivity index (χ2n) is 7.35. The van der Waals surface area contributed by atoms with Crippen LogP contribution in [0.25, 0.3) is 0 Å². The average molecular weight is 452 g/mol. The van der Waals surface area contributed by atoms with Crippen LogP contribution in [0.5, 0.6) is 5.75 Å². The van der Waals surface area contributed by atoms with Gasteiger partial charge in [-0.25, -0.2) is 0 Å². The maximum absolute atomic E-state index is 12.9. The van der Waals surface area contributed by atoms with Gasteiger partial charge in [0.05, 0.1) is 24.1 Å². The number of nitrogens with zero attached hydrogens (tertiary/aromatic N) is 3. The van der Waals surface area contributed by atoms with Crippen molar-refractivity contribution in [2.24, 2.45) is 0 Å². The molecule has 1 fully saturated rings. The number of alkyl halides is 3. The summed E-state index contributed by atoms with van der Waals surface area (Å²) in [6, 6.07) is 9.87. The Kier molecular flexibility index (Phi) is 7.18. The minimum absolute atomic E-state index is 0.145. The van der Waals surface area contributed by atoms with E-state index in [-0.39, 0.29) is 18.1 Å². The van der Waals surface area contributed by atoms with Crippen molar-refractivity contribution in [3.8, 4) is 5.75 Å². The third kappa shape index (κ3) is 5.88. The molecule has 11 heteroatoms. The van der Waals surface area contributed by atoms with Gasteiger partial charge in [-0.05, 0) is 29.8 Å². The van der Waals surface area contributed by atoms with E-state index in [0.717, 1.165) is 23.4 Å². The first-order chi connectivity index (χ1) is 15.2. The SMILES string of the molecule is COc1ccc(CNC(=O)CN2CCN(c3ccc(C(F)(F)F)cc3[N+](=O)[O-])CC2)cc1. The molecule has 2 aromatic rings. The number of piperazine rings is 1. The molecular weight excluding hydrogens is 429 g/mol. The third-order valence-electron chi connectivity index (χ3n) is 5.23. The highest BCUT2D eigenvalue weighted by atomic mass is 19.4. The molecule has 1 aliphatic rings. The lowest BCUT2D eigenvalue weighted by Gasteiger charge is -2.35. The number of halogens is 3. The summed E-state index contributed by atoms with van der Waals surface area (Å²) in [4.78, 5) is 26.3. The molecule has 0 bridgehead atoms. The molecule has 1 amide bonds. The van der Waals surface area contributed by atoms with E-state index in [1.54, 1.807) is 24.1 Å². The van der Waals surface area contributed by atoms with Crippen LogP contribution in [0.4, 0.5) is 24.5 Å². The van der Waals surface area contributed by atoms with Crippen molar-refractivity contribution in [2.45, 2.75) is 12.7 Å². The van der Waals surface area contributed by atoms with E-state index in [1.807, 2.05) is 17.0 Å². The van der Waals surface area contributed by atoms with Crippen LogP contribution in [0.2, 0.25) is 0 Å². The number of nitrogens with one attached hydrogen (secondary N) is 1. The highest BCUT2D eigenvalue weighted by Gasteiger charge is 2.34. The van der Waals surface area contributed by atoms with Crippen LogP contribution in [0.3, 0.4) is 0 Å². The van der Waals surface area contributed by atoms with Crippen LogP contribution >= 0.6 is 0 Å². The van der Waals surface area contributed by atoms with Gasteiger partial charge in [0.2, 0.25) is 5.91 Å². The maximum atomic E-state index is 12.9. The van der Waals surface area contributed by atoms with Gasteiger partial charge in [-0.15, -0.1) is 0 Å². The van der Waals surface area contributed by atoms with Crippen LogP contribution in [-0.2, 0) is 17.5 Å². The smallest absolute Gasteiger partial charge is 0.416 e. The van der Waals surface area contributed by atoms with Crippen molar-refractivity contribution in [1.82, 2.24) is 10.2 Å². The minimum Gasteiger partial charge on any atom is -0.497 e. The standard InChI is InChI=1S/C21H23F3N4O4/c1-32-17-5-2-15(3-6-17)13-25-20(29)14-26-8-10-27(11-9-26)18-7-4-16(21(22,23)24)12-19(18)28(30)31/h2-7,12H,8-11,13-14H2,1H3,(H,25,29). The minimum atomic E-state index is -4.65. The summed E-state index contributed by atoms with van der Waals surface area (Å²) in [5, 5.41) is 14.2. The summed E-state index contributed by atoms with van der Waals surface area (Å²) in [6.07, 6.45) is -4.65. The summed E-state index contributed by atoms with van der Waals surface area (Å²) in [5.74, 6) is 0.570. The molecule has 0 radical (unpaired) electrons. The van der Waals surface area contributed by atoms with E-state index >= 15 is 0 Å². The Morgan fingerprint density at radius 3 is 2.34 bits per heavy atom. The molecule has 0 aliphatic carbocycles. The molecule has 0 atom stereocenters. The average Bonchev–Trinajstić information content (AvgIpc) is 2.77. The topological polar surface area (TPSA) is 88.0 Å². The molecule has 0 spiro atoms. The van der Waals surface area contributed by atoms with Crippen molar-refractivity contribution < 1.29 is 27.6 Å². The van der Waals surface area contributed by atoms with E-state index < -0.39 is 22.4 Å². The second kappa shape index (κ2) is 9.86. The zero-order valence-corrected chi connectivity index (χ0v) is 17.4. The van der Waals surface area contributed by atoms with Gasteiger partial charge in [0.1, 0.15) is 11.4 Å². The van der Waals surface area contributed by atoms with Gasteiger partial charge >= 0.3 is 6.18 Å². The number of hydrogen-bond donors (Lipinski definition) is 1. The van der Waals surface area contributed by atoms with Crippen LogP contribution in [0, 0.1) is 10.1 Å². The highest BCUT2D eigenvalue weighted by Crippen LogP contribution is 2.36. The zero-order chi connectivity index (χ0) is 23.3. The van der Waals surface area contributed by atoms with Crippen LogP contribution in [0.15, 0.2) is 42.5 Å². The number of ether oxygens (including phenoxy) is 1. The number of hydrogen-bond acceptors (Lipinski definition) is 6. The Hall–Kier alpha value is -3.34. The van der Waals surface area contributed by atoms with Gasteiger partial charge in [0.25, 0.3) is 5.69 Å². The molecule has 1 saturated heterocycles. The van der Waals surface area contributed by atoms with Crippen molar-refractivity contribution >= 4 is 17.3 Å². The van der Waals surface area contributed by atoms with Gasteiger partial charge in [0, 0.05) is 38.8 Å². The van der Waals surface area contributed by atoms with Crippen molar-refractivity contribution in [1.29, 1.82) is 0 Å². The molecule has 1 heterocycles. The van der Waals surface area contributed by atoms with E-state index in [4.69, 9.17) is 4.74 Å². The van der Waals surface area contributed by atoms with Crippen molar-refractivity contribution in [3.63, 3.8) is 0 Å². The fourth-order valence-electron chi connectivity index (χ4n) is 3.46. The van der Waals surface area contributed by atoms with Gasteiger partial charge < -0.3 is 15.0 Å². The molecule has 172 valence electrons. The summed E-state index contributed by atoms with van der Waals surface area (Å²) < 4.78 is 43.8. The Bertz CT molecular complexity index is 959. The van der Waals surface area contributed by atoms with Gasteiger partial charge in [0.15, 0.2) is 0 Å². The molecular formula is C21H23F3N4O4. The van der Waals surface area contributed by atoms with Crippen LogP contribution in [-0.4, -0.2) is 55.6 Å². The lowest BCUT2D eigenvalue weighted by atomic mass is 10.1. The molecule has 2 aromatic carbocycles. The normalized spacial score (nSPS) is 14.8. The molecule has 0 unspecified atom stereocenters. The summed E-state index contributed by atoms with van der Waals surface area (Å²) in [5.41, 5.74) is -0.559. The van der Waals surface area contributed by atoms with E-state index in [9.17, 15) is 28.1 Å². The van der Waals surface area contributed by atoms with E-state index in [1.165, 1.54) is 0 Å². The number of rotatable bonds is 7. The lowest BCUT2D eigenvalue weighted by Crippen LogP contribution is -2.49. The predicted octanol–water partition coefficient (Wildman–Crippen LogP) is 3.06. The molecule has 3 rings (SSSR count). The van der Waals surface area contributed by atoms with Gasteiger partial charge in [-0.2, -0.15) is 13.2 Å². The number of nitro groups is 1. The monoisotopic (exact) mass is 452 g/mol. The van der Waals surface area contributed by atoms with Gasteiger partial charge in [-0.3, -0.25) is 19.8 Å². The van der Waals surface area contributed by atoms with E-state index in [0.29, 0.717) is 38.8 Å². The van der Waals surface area contributed by atoms with Crippen LogP contribution < -0.4 is 15.0 Å². The first-order valence-corrected chi connectivity index (χ1v) is 9.90. The number of nitro benzene ring substituents is 1. The van der Waals surface area contributed by atoms with Crippen molar-refractivity contribution in [3.05, 3.63) is 63.7 Å². The molecule has 0 saturated carbocycles.